The van der Waals surface area contributed by atoms with Gasteiger partial charge in [-0.15, -0.1) is 11.3 Å². The highest BCUT2D eigenvalue weighted by atomic mass is 32.1. The summed E-state index contributed by atoms with van der Waals surface area (Å²) in [5, 5.41) is 2.82. The lowest BCUT2D eigenvalue weighted by Crippen LogP contribution is -2.23. The number of amides is 2. The summed E-state index contributed by atoms with van der Waals surface area (Å²) in [6, 6.07) is 2.38. The maximum absolute atomic E-state index is 13.5. The largest absolute Gasteiger partial charge is 0.452 e. The van der Waals surface area contributed by atoms with E-state index in [9.17, 15) is 23.2 Å². The van der Waals surface area contributed by atoms with E-state index < -0.39 is 41.6 Å². The number of nitrogens with one attached hydrogen (secondary N) is 1. The first-order valence-corrected chi connectivity index (χ1v) is 8.55. The number of benzene rings is 1. The third kappa shape index (κ3) is 3.57. The van der Waals surface area contributed by atoms with Crippen molar-refractivity contribution in [1.82, 2.24) is 0 Å². The van der Waals surface area contributed by atoms with E-state index >= 15 is 0 Å². The summed E-state index contributed by atoms with van der Waals surface area (Å²) in [4.78, 5) is 36.4. The standard InChI is InChI=1S/C17H14F2N2O4S/c18-8-4-5-9(11(19)6-8)17(24)25-7-13(22)21-16-14(15(20)23)10-2-1-3-12(10)26-16/h4-6H,1-3,7H2,(H2,20,23)(H,21,22). The average Bonchev–Trinajstić information content (AvgIpc) is 3.12. The molecule has 0 aliphatic heterocycles. The number of aryl methyl sites for hydroxylation is 1. The zero-order valence-corrected chi connectivity index (χ0v) is 14.3. The molecule has 0 saturated heterocycles. The Morgan fingerprint density at radius 1 is 1.23 bits per heavy atom. The molecule has 2 aromatic rings. The molecule has 0 radical (unpaired) electrons. The summed E-state index contributed by atoms with van der Waals surface area (Å²) >= 11 is 1.27. The number of hydrogen-bond acceptors (Lipinski definition) is 5. The van der Waals surface area contributed by atoms with E-state index in [2.05, 4.69) is 5.32 Å². The van der Waals surface area contributed by atoms with Crippen LogP contribution >= 0.6 is 11.3 Å². The Kier molecular flexibility index (Phi) is 4.99. The van der Waals surface area contributed by atoms with Gasteiger partial charge in [0.05, 0.1) is 11.1 Å². The second kappa shape index (κ2) is 7.20. The molecule has 0 saturated carbocycles. The Bertz CT molecular complexity index is 910. The topological polar surface area (TPSA) is 98.5 Å². The predicted octanol–water partition coefficient (Wildman–Crippen LogP) is 2.41. The van der Waals surface area contributed by atoms with Gasteiger partial charge in [0.2, 0.25) is 0 Å². The molecule has 1 aromatic heterocycles. The van der Waals surface area contributed by atoms with Crippen LogP contribution in [-0.4, -0.2) is 24.4 Å². The maximum Gasteiger partial charge on any atom is 0.341 e. The Morgan fingerprint density at radius 2 is 2.00 bits per heavy atom. The number of carbonyl (C=O) groups excluding carboxylic acids is 3. The third-order valence-electron chi connectivity index (χ3n) is 3.91. The molecule has 0 unspecified atom stereocenters. The lowest BCUT2D eigenvalue weighted by atomic mass is 10.1. The van der Waals surface area contributed by atoms with Crippen LogP contribution < -0.4 is 11.1 Å². The van der Waals surface area contributed by atoms with Crippen molar-refractivity contribution in [2.24, 2.45) is 5.73 Å². The molecule has 3 rings (SSSR count). The number of thiophene rings is 1. The number of primary amides is 1. The summed E-state index contributed by atoms with van der Waals surface area (Å²) in [5.41, 5.74) is 6.05. The Hall–Kier alpha value is -2.81. The van der Waals surface area contributed by atoms with Crippen LogP contribution in [0.4, 0.5) is 13.8 Å². The first kappa shape index (κ1) is 18.0. The van der Waals surface area contributed by atoms with Crippen molar-refractivity contribution in [3.8, 4) is 0 Å². The number of fused-ring (bicyclic) bond motifs is 1. The number of nitrogens with two attached hydrogens (primary N) is 1. The molecule has 1 heterocycles. The van der Waals surface area contributed by atoms with Crippen LogP contribution in [0.15, 0.2) is 18.2 Å². The van der Waals surface area contributed by atoms with Crippen LogP contribution in [0.1, 0.15) is 37.6 Å². The Labute approximate surface area is 150 Å². The molecule has 1 aliphatic rings. The number of esters is 1. The first-order chi connectivity index (χ1) is 12.4. The fraction of sp³-hybridized carbons (Fsp3) is 0.235. The van der Waals surface area contributed by atoms with Crippen LogP contribution in [0.5, 0.6) is 0 Å². The van der Waals surface area contributed by atoms with Gasteiger partial charge in [0.15, 0.2) is 6.61 Å². The number of carbonyl (C=O) groups is 3. The minimum Gasteiger partial charge on any atom is -0.452 e. The van der Waals surface area contributed by atoms with Crippen molar-refractivity contribution in [3.63, 3.8) is 0 Å². The molecule has 6 nitrogen and oxygen atoms in total. The van der Waals surface area contributed by atoms with Gasteiger partial charge in [-0.3, -0.25) is 9.59 Å². The van der Waals surface area contributed by atoms with Crippen molar-refractivity contribution in [2.75, 3.05) is 11.9 Å². The van der Waals surface area contributed by atoms with E-state index in [1.165, 1.54) is 11.3 Å². The maximum atomic E-state index is 13.5. The Balaban J connectivity index is 1.65. The van der Waals surface area contributed by atoms with E-state index in [-0.39, 0.29) is 5.56 Å². The highest BCUT2D eigenvalue weighted by Crippen LogP contribution is 2.38. The van der Waals surface area contributed by atoms with Crippen molar-refractivity contribution in [2.45, 2.75) is 19.3 Å². The van der Waals surface area contributed by atoms with Gasteiger partial charge >= 0.3 is 5.97 Å². The summed E-state index contributed by atoms with van der Waals surface area (Å²) in [5.74, 6) is -4.34. The average molecular weight is 380 g/mol. The van der Waals surface area contributed by atoms with Crippen molar-refractivity contribution < 1.29 is 27.9 Å². The van der Waals surface area contributed by atoms with Gasteiger partial charge in [-0.1, -0.05) is 0 Å². The van der Waals surface area contributed by atoms with Gasteiger partial charge in [-0.25, -0.2) is 13.6 Å². The van der Waals surface area contributed by atoms with Gasteiger partial charge in [-0.2, -0.15) is 0 Å². The molecule has 0 fully saturated rings. The molecule has 1 aliphatic carbocycles. The van der Waals surface area contributed by atoms with Crippen LogP contribution in [0.25, 0.3) is 0 Å². The van der Waals surface area contributed by atoms with Crippen molar-refractivity contribution in [3.05, 3.63) is 51.4 Å². The van der Waals surface area contributed by atoms with E-state index in [4.69, 9.17) is 10.5 Å². The molecule has 26 heavy (non-hydrogen) atoms. The number of hydrogen-bond donors (Lipinski definition) is 2. The van der Waals surface area contributed by atoms with Gasteiger partial charge in [0, 0.05) is 10.9 Å². The second-order valence-corrected chi connectivity index (χ2v) is 6.78. The molecule has 136 valence electrons. The number of halogens is 2. The number of anilines is 1. The molecule has 2 amide bonds. The third-order valence-corrected chi connectivity index (χ3v) is 5.11. The highest BCUT2D eigenvalue weighted by molar-refractivity contribution is 7.17. The minimum absolute atomic E-state index is 0.284. The van der Waals surface area contributed by atoms with Gasteiger partial charge < -0.3 is 15.8 Å². The fourth-order valence-corrected chi connectivity index (χ4v) is 4.09. The van der Waals surface area contributed by atoms with E-state index in [1.807, 2.05) is 0 Å². The summed E-state index contributed by atoms with van der Waals surface area (Å²) < 4.78 is 31.1. The second-order valence-electron chi connectivity index (χ2n) is 5.67. The van der Waals surface area contributed by atoms with Crippen LogP contribution in [0, 0.1) is 11.6 Å². The lowest BCUT2D eigenvalue weighted by molar-refractivity contribution is -0.119. The van der Waals surface area contributed by atoms with Crippen LogP contribution in [0.3, 0.4) is 0 Å². The minimum atomic E-state index is -1.10. The molecular weight excluding hydrogens is 366 g/mol. The highest BCUT2D eigenvalue weighted by Gasteiger charge is 2.26. The Morgan fingerprint density at radius 3 is 2.69 bits per heavy atom. The monoisotopic (exact) mass is 380 g/mol. The normalized spacial score (nSPS) is 12.5. The SMILES string of the molecule is NC(=O)c1c(NC(=O)COC(=O)c2ccc(F)cc2F)sc2c1CCC2. The van der Waals surface area contributed by atoms with Gasteiger partial charge in [-0.05, 0) is 37.0 Å². The molecular formula is C17H14F2N2O4S. The summed E-state index contributed by atoms with van der Waals surface area (Å²) in [6.07, 6.45) is 2.46. The molecule has 1 aromatic carbocycles. The fourth-order valence-electron chi connectivity index (χ4n) is 2.78. The summed E-state index contributed by atoms with van der Waals surface area (Å²) in [6.45, 7) is -0.684. The number of ether oxygens (including phenoxy) is 1. The van der Waals surface area contributed by atoms with Crippen LogP contribution in [-0.2, 0) is 22.4 Å². The lowest BCUT2D eigenvalue weighted by Gasteiger charge is -2.07. The smallest absolute Gasteiger partial charge is 0.341 e. The quantitative estimate of drug-likeness (QED) is 0.778. The first-order valence-electron chi connectivity index (χ1n) is 7.73. The number of rotatable bonds is 5. The van der Waals surface area contributed by atoms with E-state index in [1.54, 1.807) is 0 Å². The van der Waals surface area contributed by atoms with Crippen LogP contribution in [0.2, 0.25) is 0 Å². The zero-order chi connectivity index (χ0) is 18.8. The predicted molar refractivity (Wildman–Crippen MR) is 90.1 cm³/mol. The molecule has 9 heteroatoms. The van der Waals surface area contributed by atoms with E-state index in [0.717, 1.165) is 41.8 Å². The molecule has 0 spiro atoms. The summed E-state index contributed by atoms with van der Waals surface area (Å²) in [7, 11) is 0. The van der Waals surface area contributed by atoms with Gasteiger partial charge in [0.25, 0.3) is 11.8 Å². The molecule has 3 N–H and O–H groups in total. The van der Waals surface area contributed by atoms with E-state index in [0.29, 0.717) is 11.1 Å². The van der Waals surface area contributed by atoms with Crippen molar-refractivity contribution >= 4 is 34.1 Å². The molecule has 0 bridgehead atoms. The van der Waals surface area contributed by atoms with Crippen molar-refractivity contribution in [1.29, 1.82) is 0 Å². The van der Waals surface area contributed by atoms with Gasteiger partial charge in [0.1, 0.15) is 16.6 Å². The molecule has 0 atom stereocenters. The zero-order valence-electron chi connectivity index (χ0n) is 13.4.